The lowest BCUT2D eigenvalue weighted by Gasteiger charge is -2.39. The summed E-state index contributed by atoms with van der Waals surface area (Å²) < 4.78 is 0. The van der Waals surface area contributed by atoms with Crippen LogP contribution in [0.5, 0.6) is 0 Å². The van der Waals surface area contributed by atoms with Crippen molar-refractivity contribution in [2.45, 2.75) is 71.0 Å². The predicted octanol–water partition coefficient (Wildman–Crippen LogP) is 4.09. The van der Waals surface area contributed by atoms with Gasteiger partial charge in [0, 0.05) is 54.9 Å². The lowest BCUT2D eigenvalue weighted by atomic mass is 10.0. The van der Waals surface area contributed by atoms with E-state index in [1.807, 2.05) is 13.0 Å². The first-order valence-corrected chi connectivity index (χ1v) is 14.0. The molecule has 1 aromatic heterocycles. The first-order chi connectivity index (χ1) is 18.3. The number of nitrogens with one attached hydrogen (secondary N) is 2. The summed E-state index contributed by atoms with van der Waals surface area (Å²) in [6.07, 6.45) is 4.85. The van der Waals surface area contributed by atoms with E-state index in [1.54, 1.807) is 24.0 Å². The van der Waals surface area contributed by atoms with Gasteiger partial charge in [0.2, 0.25) is 11.8 Å². The fourth-order valence-electron chi connectivity index (χ4n) is 5.57. The van der Waals surface area contributed by atoms with Crippen molar-refractivity contribution < 1.29 is 14.4 Å². The Morgan fingerprint density at radius 3 is 2.53 bits per heavy atom. The zero-order chi connectivity index (χ0) is 26.8. The molecule has 5 rings (SSSR count). The van der Waals surface area contributed by atoms with Crippen LogP contribution in [0.3, 0.4) is 0 Å². The number of carbonyl (C=O) groups is 3. The normalized spacial score (nSPS) is 20.6. The van der Waals surface area contributed by atoms with E-state index in [0.717, 1.165) is 55.9 Å². The van der Waals surface area contributed by atoms with E-state index >= 15 is 0 Å². The quantitative estimate of drug-likeness (QED) is 0.529. The highest BCUT2D eigenvalue weighted by Crippen LogP contribution is 2.29. The van der Waals surface area contributed by atoms with Gasteiger partial charge in [-0.15, -0.1) is 0 Å². The van der Waals surface area contributed by atoms with Gasteiger partial charge in [0.15, 0.2) is 0 Å². The first-order valence-electron chi connectivity index (χ1n) is 13.6. The maximum absolute atomic E-state index is 13.3. The highest BCUT2D eigenvalue weighted by molar-refractivity contribution is 6.31. The highest BCUT2D eigenvalue weighted by atomic mass is 35.5. The van der Waals surface area contributed by atoms with Gasteiger partial charge >= 0.3 is 0 Å². The van der Waals surface area contributed by atoms with E-state index in [2.05, 4.69) is 32.7 Å². The molecule has 2 aliphatic heterocycles. The molecule has 9 heteroatoms. The number of hydrogen-bond donors (Lipinski definition) is 2. The molecule has 3 fully saturated rings. The summed E-state index contributed by atoms with van der Waals surface area (Å²) >= 11 is 6.17. The van der Waals surface area contributed by atoms with Crippen LogP contribution in [-0.4, -0.2) is 64.2 Å². The number of aromatic nitrogens is 1. The van der Waals surface area contributed by atoms with Crippen LogP contribution in [0.15, 0.2) is 30.3 Å². The monoisotopic (exact) mass is 537 g/mol. The van der Waals surface area contributed by atoms with Crippen molar-refractivity contribution in [3.63, 3.8) is 0 Å². The molecular formula is C29H36ClN5O3. The van der Waals surface area contributed by atoms with Gasteiger partial charge in [0.1, 0.15) is 11.9 Å². The number of hydrogen-bond acceptors (Lipinski definition) is 5. The molecule has 2 aromatic rings. The maximum Gasteiger partial charge on any atom is 0.251 e. The summed E-state index contributed by atoms with van der Waals surface area (Å²) in [4.78, 5) is 47.4. The van der Waals surface area contributed by atoms with Crippen molar-refractivity contribution >= 4 is 35.1 Å². The molecule has 1 aliphatic carbocycles. The van der Waals surface area contributed by atoms with Crippen LogP contribution in [0.25, 0.3) is 0 Å². The van der Waals surface area contributed by atoms with Crippen LogP contribution >= 0.6 is 11.6 Å². The van der Waals surface area contributed by atoms with Crippen molar-refractivity contribution in [2.75, 3.05) is 25.0 Å². The molecule has 8 nitrogen and oxygen atoms in total. The third kappa shape index (κ3) is 6.35. The van der Waals surface area contributed by atoms with Gasteiger partial charge in [-0.05, 0) is 81.2 Å². The second kappa shape index (κ2) is 11.4. The number of likely N-dealkylation sites (tertiary alicyclic amines) is 2. The lowest BCUT2D eigenvalue weighted by molar-refractivity contribution is -0.136. The number of rotatable bonds is 8. The number of pyridine rings is 1. The van der Waals surface area contributed by atoms with E-state index in [-0.39, 0.29) is 23.8 Å². The number of halogens is 1. The van der Waals surface area contributed by atoms with Gasteiger partial charge in [-0.25, -0.2) is 4.98 Å². The summed E-state index contributed by atoms with van der Waals surface area (Å²) in [5, 5.41) is 6.63. The van der Waals surface area contributed by atoms with Crippen LogP contribution in [0.2, 0.25) is 5.02 Å². The molecule has 0 spiro atoms. The molecule has 1 saturated carbocycles. The predicted molar refractivity (Wildman–Crippen MR) is 147 cm³/mol. The van der Waals surface area contributed by atoms with Crippen LogP contribution in [0.1, 0.15) is 65.7 Å². The molecule has 3 aliphatic rings. The van der Waals surface area contributed by atoms with E-state index < -0.39 is 6.04 Å². The molecule has 0 radical (unpaired) electrons. The average Bonchev–Trinajstić information content (AvgIpc) is 3.64. The Balaban J connectivity index is 1.19. The fraction of sp³-hybridized carbons (Fsp3) is 0.517. The van der Waals surface area contributed by atoms with Gasteiger partial charge < -0.3 is 15.5 Å². The zero-order valence-electron chi connectivity index (χ0n) is 22.1. The van der Waals surface area contributed by atoms with E-state index in [4.69, 9.17) is 11.6 Å². The molecule has 1 atom stereocenters. The molecule has 0 unspecified atom stereocenters. The van der Waals surface area contributed by atoms with Crippen molar-refractivity contribution in [1.82, 2.24) is 20.1 Å². The topological polar surface area (TPSA) is 94.6 Å². The smallest absolute Gasteiger partial charge is 0.251 e. The van der Waals surface area contributed by atoms with Crippen molar-refractivity contribution in [2.24, 2.45) is 5.92 Å². The molecule has 2 saturated heterocycles. The second-order valence-electron chi connectivity index (χ2n) is 11.0. The summed E-state index contributed by atoms with van der Waals surface area (Å²) in [7, 11) is 0. The molecule has 38 heavy (non-hydrogen) atoms. The van der Waals surface area contributed by atoms with Crippen molar-refractivity contribution in [1.29, 1.82) is 0 Å². The number of amides is 3. The van der Waals surface area contributed by atoms with E-state index in [1.165, 1.54) is 5.56 Å². The van der Waals surface area contributed by atoms with Crippen LogP contribution in [-0.2, 0) is 16.1 Å². The minimum atomic E-state index is -0.521. The minimum Gasteiger partial charge on any atom is -0.352 e. The standard InChI is InChI=1S/C29H36ClN5O3/c1-18-13-21(5-6-24(18)30)17-34-11-9-23(10-12-34)35-25(7-8-27(35)36)29(38)33-26-15-22(14-19(2)32-26)28(37)31-16-20-3-4-20/h5-6,13-15,20,23,25H,3-4,7-12,16-17H2,1-2H3,(H,31,37)(H,32,33,38)/t25-/m1/s1. The Morgan fingerprint density at radius 1 is 1.05 bits per heavy atom. The maximum atomic E-state index is 13.3. The molecule has 2 N–H and O–H groups in total. The number of aryl methyl sites for hydroxylation is 2. The molecular weight excluding hydrogens is 502 g/mol. The number of benzene rings is 1. The largest absolute Gasteiger partial charge is 0.352 e. The second-order valence-corrected chi connectivity index (χ2v) is 11.4. The summed E-state index contributed by atoms with van der Waals surface area (Å²) in [6, 6.07) is 8.99. The van der Waals surface area contributed by atoms with Gasteiger partial charge in [-0.3, -0.25) is 19.3 Å². The zero-order valence-corrected chi connectivity index (χ0v) is 22.9. The van der Waals surface area contributed by atoms with Crippen molar-refractivity contribution in [3.05, 3.63) is 57.7 Å². The van der Waals surface area contributed by atoms with Crippen LogP contribution in [0.4, 0.5) is 5.82 Å². The summed E-state index contributed by atoms with van der Waals surface area (Å²) in [5.74, 6) is 0.571. The van der Waals surface area contributed by atoms with Gasteiger partial charge in [0.05, 0.1) is 0 Å². The fourth-order valence-corrected chi connectivity index (χ4v) is 5.69. The third-order valence-corrected chi connectivity index (χ3v) is 8.28. The SMILES string of the molecule is Cc1cc(C(=O)NCC2CC2)cc(NC(=O)[C@H]2CCC(=O)N2C2CCN(Cc3ccc(Cl)c(C)c3)CC2)n1. The van der Waals surface area contributed by atoms with E-state index in [9.17, 15) is 14.4 Å². The molecule has 0 bridgehead atoms. The van der Waals surface area contributed by atoms with Gasteiger partial charge in [-0.2, -0.15) is 0 Å². The Hall–Kier alpha value is -2.97. The lowest BCUT2D eigenvalue weighted by Crippen LogP contribution is -2.51. The van der Waals surface area contributed by atoms with Crippen LogP contribution < -0.4 is 10.6 Å². The Bertz CT molecular complexity index is 1220. The van der Waals surface area contributed by atoms with Crippen LogP contribution in [0, 0.1) is 19.8 Å². The number of nitrogens with zero attached hydrogens (tertiary/aromatic N) is 3. The summed E-state index contributed by atoms with van der Waals surface area (Å²) in [6.45, 7) is 7.07. The van der Waals surface area contributed by atoms with Gasteiger partial charge in [0.25, 0.3) is 5.91 Å². The molecule has 1 aromatic carbocycles. The molecule has 202 valence electrons. The Labute approximate surface area is 229 Å². The number of piperidine rings is 1. The Morgan fingerprint density at radius 2 is 1.82 bits per heavy atom. The number of carbonyl (C=O) groups excluding carboxylic acids is 3. The number of anilines is 1. The van der Waals surface area contributed by atoms with Gasteiger partial charge in [-0.1, -0.05) is 23.7 Å². The third-order valence-electron chi connectivity index (χ3n) is 7.85. The molecule has 3 heterocycles. The highest BCUT2D eigenvalue weighted by Gasteiger charge is 2.41. The Kier molecular flexibility index (Phi) is 8.00. The minimum absolute atomic E-state index is 0.0364. The van der Waals surface area contributed by atoms with Crippen molar-refractivity contribution in [3.8, 4) is 0 Å². The van der Waals surface area contributed by atoms with E-state index in [0.29, 0.717) is 42.4 Å². The summed E-state index contributed by atoms with van der Waals surface area (Å²) in [5.41, 5.74) is 3.44. The average molecular weight is 538 g/mol. The molecule has 3 amide bonds. The first kappa shape index (κ1) is 26.6.